The maximum absolute atomic E-state index is 13.3. The number of ether oxygens (including phenoxy) is 2. The summed E-state index contributed by atoms with van der Waals surface area (Å²) >= 11 is 0. The Balaban J connectivity index is 1.39. The van der Waals surface area contributed by atoms with Crippen LogP contribution in [0.1, 0.15) is 30.5 Å². The number of halogens is 1. The van der Waals surface area contributed by atoms with E-state index in [2.05, 4.69) is 60.7 Å². The van der Waals surface area contributed by atoms with Crippen molar-refractivity contribution in [3.8, 4) is 10.6 Å². The van der Waals surface area contributed by atoms with Crippen LogP contribution in [0.25, 0.3) is 25.1 Å². The van der Waals surface area contributed by atoms with Crippen LogP contribution in [-0.2, 0) is 15.1 Å². The third kappa shape index (κ3) is 4.47. The number of hydrogen-bond acceptors (Lipinski definition) is 3. The molecule has 0 aliphatic carbocycles. The molecule has 0 bridgehead atoms. The molecule has 0 unspecified atom stereocenters. The lowest BCUT2D eigenvalue weighted by Crippen LogP contribution is -2.28. The van der Waals surface area contributed by atoms with Crippen LogP contribution < -0.4 is 4.74 Å². The van der Waals surface area contributed by atoms with Crippen molar-refractivity contribution in [2.24, 2.45) is 0 Å². The molecule has 3 nitrogen and oxygen atoms in total. The van der Waals surface area contributed by atoms with E-state index < -0.39 is 11.6 Å². The zero-order chi connectivity index (χ0) is 25.4. The van der Waals surface area contributed by atoms with Crippen LogP contribution in [0.3, 0.4) is 0 Å². The summed E-state index contributed by atoms with van der Waals surface area (Å²) in [5, 5.41) is 2.58. The normalized spacial score (nSPS) is 11.7. The van der Waals surface area contributed by atoms with Crippen LogP contribution in [0.4, 0.5) is 4.39 Å². The molecule has 5 aromatic rings. The molecular weight excluding hydrogens is 471 g/mol. The number of fused-ring (bicyclic) bond motifs is 3. The average molecular weight is 500 g/mol. The highest BCUT2D eigenvalue weighted by Crippen LogP contribution is 2.49. The molecule has 5 rings (SSSR count). The van der Waals surface area contributed by atoms with Gasteiger partial charge in [-0.1, -0.05) is 36.4 Å². The minimum atomic E-state index is -0.896. The van der Waals surface area contributed by atoms with Crippen molar-refractivity contribution in [2.75, 3.05) is 6.61 Å². The van der Waals surface area contributed by atoms with Crippen molar-refractivity contribution in [2.45, 2.75) is 33.3 Å². The van der Waals surface area contributed by atoms with Gasteiger partial charge in [-0.25, -0.2) is 9.18 Å². The molecule has 0 aliphatic heterocycles. The first-order valence-corrected chi connectivity index (χ1v) is 13.1. The van der Waals surface area contributed by atoms with Crippen molar-refractivity contribution < 1.29 is 18.7 Å². The smallest absolute Gasteiger partial charge is 0.345 e. The summed E-state index contributed by atoms with van der Waals surface area (Å²) in [5.41, 5.74) is 1.77. The average Bonchev–Trinajstić information content (AvgIpc) is 3.18. The molecule has 5 heteroatoms. The Labute approximate surface area is 213 Å². The van der Waals surface area contributed by atoms with Crippen LogP contribution >= 0.6 is 10.5 Å². The van der Waals surface area contributed by atoms with Gasteiger partial charge in [0.05, 0.1) is 0 Å². The summed E-state index contributed by atoms with van der Waals surface area (Å²) in [4.78, 5) is 13.9. The predicted octanol–water partition coefficient (Wildman–Crippen LogP) is 8.34. The molecular formula is C31H28FO3S+. The fourth-order valence-electron chi connectivity index (χ4n) is 4.72. The van der Waals surface area contributed by atoms with Gasteiger partial charge in [0.25, 0.3) is 0 Å². The van der Waals surface area contributed by atoms with Gasteiger partial charge in [-0.15, -0.1) is 0 Å². The molecule has 0 amide bonds. The van der Waals surface area contributed by atoms with Crippen LogP contribution in [0.5, 0.6) is 5.75 Å². The lowest BCUT2D eigenvalue weighted by atomic mass is 9.98. The molecule has 0 atom stereocenters. The summed E-state index contributed by atoms with van der Waals surface area (Å²) in [5.74, 6) is -0.115. The maximum Gasteiger partial charge on any atom is 0.345 e. The molecule has 0 saturated heterocycles. The molecule has 36 heavy (non-hydrogen) atoms. The summed E-state index contributed by atoms with van der Waals surface area (Å²) < 4.78 is 27.5. The number of aryl methyl sites for hydroxylation is 2. The number of esters is 1. The molecule has 0 N–H and O–H groups in total. The Morgan fingerprint density at radius 2 is 1.36 bits per heavy atom. The van der Waals surface area contributed by atoms with E-state index in [0.29, 0.717) is 11.3 Å². The number of thiophene rings is 1. The highest BCUT2D eigenvalue weighted by molar-refractivity contribution is 7.50. The van der Waals surface area contributed by atoms with Crippen molar-refractivity contribution in [3.63, 3.8) is 0 Å². The Kier molecular flexibility index (Phi) is 6.27. The summed E-state index contributed by atoms with van der Waals surface area (Å²) in [6.07, 6.45) is 0. The van der Waals surface area contributed by atoms with Crippen molar-refractivity contribution >= 4 is 36.6 Å². The van der Waals surface area contributed by atoms with Crippen molar-refractivity contribution in [1.29, 1.82) is 0 Å². The van der Waals surface area contributed by atoms with Gasteiger partial charge in [0.15, 0.2) is 20.9 Å². The monoisotopic (exact) mass is 499 g/mol. The third-order valence-electron chi connectivity index (χ3n) is 6.42. The summed E-state index contributed by atoms with van der Waals surface area (Å²) in [7, 11) is -0.192. The summed E-state index contributed by atoms with van der Waals surface area (Å²) in [6.45, 7) is 7.38. The van der Waals surface area contributed by atoms with E-state index >= 15 is 0 Å². The molecule has 182 valence electrons. The zero-order valence-electron chi connectivity index (χ0n) is 20.8. The van der Waals surface area contributed by atoms with Gasteiger partial charge < -0.3 is 9.47 Å². The standard InChI is InChI=1S/C31H28FO3S/c1-20-17-24(36-27-11-7-5-9-25(27)26-10-6-8-12-28(26)36)18-21(2)30(20)34-19-29(33)35-31(3,4)22-13-15-23(32)16-14-22/h5-18H,19H2,1-4H3/q+1. The second-order valence-electron chi connectivity index (χ2n) is 9.46. The van der Waals surface area contributed by atoms with Gasteiger partial charge in [0.2, 0.25) is 0 Å². The first-order chi connectivity index (χ1) is 17.2. The Morgan fingerprint density at radius 1 is 0.833 bits per heavy atom. The minimum Gasteiger partial charge on any atom is -0.481 e. The fourth-order valence-corrected chi connectivity index (χ4v) is 7.28. The van der Waals surface area contributed by atoms with E-state index in [1.807, 2.05) is 13.8 Å². The van der Waals surface area contributed by atoms with E-state index in [1.165, 1.54) is 37.2 Å². The minimum absolute atomic E-state index is 0.192. The molecule has 4 aromatic carbocycles. The van der Waals surface area contributed by atoms with E-state index in [4.69, 9.17) is 9.47 Å². The predicted molar refractivity (Wildman–Crippen MR) is 146 cm³/mol. The Morgan fingerprint density at radius 3 is 1.92 bits per heavy atom. The number of benzene rings is 4. The lowest BCUT2D eigenvalue weighted by Gasteiger charge is -2.25. The molecule has 0 aliphatic rings. The van der Waals surface area contributed by atoms with Crippen LogP contribution in [0.2, 0.25) is 0 Å². The SMILES string of the molecule is Cc1cc(-[s+]2c3ccccc3c3ccccc32)cc(C)c1OCC(=O)OC(C)(C)c1ccc(F)cc1. The number of rotatable bonds is 6. The first kappa shape index (κ1) is 24.0. The van der Waals surface area contributed by atoms with Crippen LogP contribution in [0.15, 0.2) is 84.9 Å². The van der Waals surface area contributed by atoms with Gasteiger partial charge in [-0.2, -0.15) is 0 Å². The molecule has 0 spiro atoms. The van der Waals surface area contributed by atoms with Gasteiger partial charge in [0.1, 0.15) is 17.2 Å². The highest BCUT2D eigenvalue weighted by Gasteiger charge is 2.27. The first-order valence-electron chi connectivity index (χ1n) is 11.9. The van der Waals surface area contributed by atoms with Crippen LogP contribution in [-0.4, -0.2) is 12.6 Å². The number of carbonyl (C=O) groups excluding carboxylic acids is 1. The topological polar surface area (TPSA) is 35.5 Å². The Hall–Kier alpha value is -3.70. The molecule has 1 aromatic heterocycles. The second kappa shape index (κ2) is 9.40. The number of carbonyl (C=O) groups is 1. The largest absolute Gasteiger partial charge is 0.481 e. The second-order valence-corrected chi connectivity index (χ2v) is 11.4. The molecule has 0 saturated carbocycles. The quantitative estimate of drug-likeness (QED) is 0.174. The van der Waals surface area contributed by atoms with E-state index in [9.17, 15) is 9.18 Å². The van der Waals surface area contributed by atoms with Gasteiger partial charge in [0, 0.05) is 33.4 Å². The lowest BCUT2D eigenvalue weighted by molar-refractivity contribution is -0.159. The number of hydrogen-bond donors (Lipinski definition) is 0. The van der Waals surface area contributed by atoms with Gasteiger partial charge >= 0.3 is 5.97 Å². The molecule has 1 heterocycles. The molecule has 0 radical (unpaired) electrons. The van der Waals surface area contributed by atoms with E-state index in [1.54, 1.807) is 26.0 Å². The van der Waals surface area contributed by atoms with Gasteiger partial charge in [-0.3, -0.25) is 0 Å². The van der Waals surface area contributed by atoms with Gasteiger partial charge in [-0.05, 0) is 80.8 Å². The third-order valence-corrected chi connectivity index (χ3v) is 8.72. The highest BCUT2D eigenvalue weighted by atomic mass is 32.2. The zero-order valence-corrected chi connectivity index (χ0v) is 21.6. The van der Waals surface area contributed by atoms with Crippen molar-refractivity contribution in [3.05, 3.63) is 107 Å². The fraction of sp³-hybridized carbons (Fsp3) is 0.194. The van der Waals surface area contributed by atoms with Crippen LogP contribution in [0, 0.1) is 19.7 Å². The van der Waals surface area contributed by atoms with E-state index in [0.717, 1.165) is 11.1 Å². The van der Waals surface area contributed by atoms with E-state index in [-0.39, 0.29) is 22.9 Å². The Bertz CT molecular complexity index is 1510. The molecule has 0 fully saturated rings. The maximum atomic E-state index is 13.3. The van der Waals surface area contributed by atoms with Crippen molar-refractivity contribution in [1.82, 2.24) is 0 Å². The summed E-state index contributed by atoms with van der Waals surface area (Å²) in [6, 6.07) is 27.5.